The number of nitrogens with zero attached hydrogens (tertiary/aromatic N) is 1. The Morgan fingerprint density at radius 2 is 2.50 bits per heavy atom. The minimum absolute atomic E-state index is 0.685. The first-order valence-electron chi connectivity index (χ1n) is 2.30. The summed E-state index contributed by atoms with van der Waals surface area (Å²) in [4.78, 5) is 0. The van der Waals surface area contributed by atoms with Gasteiger partial charge >= 0.3 is 0 Å². The van der Waals surface area contributed by atoms with Gasteiger partial charge in [0, 0.05) is 0 Å². The fraction of sp³-hybridized carbons (Fsp3) is 0.200. The zero-order valence-corrected chi connectivity index (χ0v) is 5.33. The average Bonchev–Trinajstić information content (AvgIpc) is 1.64. The molecule has 0 atom stereocenters. The van der Waals surface area contributed by atoms with E-state index in [0.29, 0.717) is 4.64 Å². The van der Waals surface area contributed by atoms with Crippen LogP contribution >= 0.6 is 12.2 Å². The zero-order chi connectivity index (χ0) is 5.98. The zero-order valence-electron chi connectivity index (χ0n) is 4.51. The van der Waals surface area contributed by atoms with Crippen LogP contribution in [-0.4, -0.2) is 10.2 Å². The van der Waals surface area contributed by atoms with E-state index >= 15 is 0 Å². The first-order valence-corrected chi connectivity index (χ1v) is 2.71. The summed E-state index contributed by atoms with van der Waals surface area (Å²) < 4.78 is 0.685. The molecule has 0 spiro atoms. The third-order valence-electron chi connectivity index (χ3n) is 0.802. The Bertz CT molecular complexity index is 228. The van der Waals surface area contributed by atoms with Crippen LogP contribution in [-0.2, 0) is 0 Å². The molecule has 0 fully saturated rings. The van der Waals surface area contributed by atoms with Crippen molar-refractivity contribution in [2.45, 2.75) is 6.92 Å². The minimum atomic E-state index is 0.685. The molecule has 1 heterocycles. The first-order chi connectivity index (χ1) is 3.79. The highest BCUT2D eigenvalue weighted by Crippen LogP contribution is 1.89. The van der Waals surface area contributed by atoms with Crippen molar-refractivity contribution >= 4 is 12.2 Å². The second-order valence-electron chi connectivity index (χ2n) is 1.62. The van der Waals surface area contributed by atoms with E-state index in [4.69, 9.17) is 12.2 Å². The summed E-state index contributed by atoms with van der Waals surface area (Å²) in [5.41, 5.74) is 1.09. The van der Waals surface area contributed by atoms with Crippen molar-refractivity contribution in [2.75, 3.05) is 0 Å². The average molecular weight is 126 g/mol. The molecule has 0 aromatic carbocycles. The van der Waals surface area contributed by atoms with E-state index in [1.165, 1.54) is 0 Å². The molecule has 1 N–H and O–H groups in total. The summed E-state index contributed by atoms with van der Waals surface area (Å²) in [7, 11) is 0. The van der Waals surface area contributed by atoms with Crippen molar-refractivity contribution < 1.29 is 0 Å². The second kappa shape index (κ2) is 2.05. The maximum atomic E-state index is 4.78. The third kappa shape index (κ3) is 1.13. The largest absolute Gasteiger partial charge is 0.268 e. The molecule has 0 radical (unpaired) electrons. The van der Waals surface area contributed by atoms with Gasteiger partial charge in [-0.3, -0.25) is 5.10 Å². The molecule has 0 bridgehead atoms. The molecule has 42 valence electrons. The maximum Gasteiger partial charge on any atom is 0.119 e. The van der Waals surface area contributed by atoms with Crippen molar-refractivity contribution in [2.24, 2.45) is 0 Å². The predicted molar refractivity (Wildman–Crippen MR) is 34.2 cm³/mol. The molecule has 1 aromatic heterocycles. The topological polar surface area (TPSA) is 28.7 Å². The van der Waals surface area contributed by atoms with Gasteiger partial charge in [-0.15, -0.1) is 0 Å². The van der Waals surface area contributed by atoms with Gasteiger partial charge in [0.1, 0.15) is 4.64 Å². The van der Waals surface area contributed by atoms with Gasteiger partial charge in [0.05, 0.1) is 6.20 Å². The predicted octanol–water partition coefficient (Wildman–Crippen LogP) is 1.45. The Morgan fingerprint density at radius 3 is 2.88 bits per heavy atom. The van der Waals surface area contributed by atoms with Gasteiger partial charge in [0.15, 0.2) is 0 Å². The quantitative estimate of drug-likeness (QED) is 0.533. The Morgan fingerprint density at radius 1 is 1.75 bits per heavy atom. The van der Waals surface area contributed by atoms with E-state index < -0.39 is 0 Å². The molecule has 0 aliphatic rings. The van der Waals surface area contributed by atoms with Crippen LogP contribution < -0.4 is 0 Å². The van der Waals surface area contributed by atoms with Crippen LogP contribution in [0.2, 0.25) is 0 Å². The maximum absolute atomic E-state index is 4.78. The molecule has 0 amide bonds. The molecule has 0 aliphatic heterocycles. The summed E-state index contributed by atoms with van der Waals surface area (Å²) in [5, 5.41) is 6.39. The number of aryl methyl sites for hydroxylation is 1. The number of aromatic amines is 1. The van der Waals surface area contributed by atoms with Gasteiger partial charge in [-0.1, -0.05) is 12.2 Å². The molecular formula is C5H6N2S. The standard InChI is InChI=1S/C5H6N2S/c1-4-2-5(8)7-6-3-4/h2-3H,1H3,(H,7,8). The molecule has 0 saturated heterocycles. The van der Waals surface area contributed by atoms with Crippen molar-refractivity contribution in [3.8, 4) is 0 Å². The van der Waals surface area contributed by atoms with Crippen LogP contribution in [0.4, 0.5) is 0 Å². The summed E-state index contributed by atoms with van der Waals surface area (Å²) in [6.45, 7) is 1.96. The van der Waals surface area contributed by atoms with E-state index in [2.05, 4.69) is 10.2 Å². The molecule has 1 aromatic rings. The highest BCUT2D eigenvalue weighted by molar-refractivity contribution is 7.71. The molecule has 3 heteroatoms. The molecule has 8 heavy (non-hydrogen) atoms. The highest BCUT2D eigenvalue weighted by Gasteiger charge is 1.78. The van der Waals surface area contributed by atoms with Crippen molar-refractivity contribution in [3.63, 3.8) is 0 Å². The summed E-state index contributed by atoms with van der Waals surface area (Å²) >= 11 is 4.78. The lowest BCUT2D eigenvalue weighted by Crippen LogP contribution is -1.80. The second-order valence-corrected chi connectivity index (χ2v) is 2.06. The number of hydrogen-bond donors (Lipinski definition) is 1. The lowest BCUT2D eigenvalue weighted by molar-refractivity contribution is 1.000. The third-order valence-corrected chi connectivity index (χ3v) is 1.01. The smallest absolute Gasteiger partial charge is 0.119 e. The summed E-state index contributed by atoms with van der Waals surface area (Å²) in [6, 6.07) is 1.86. The SMILES string of the molecule is Cc1cn[nH]c(=S)c1. The van der Waals surface area contributed by atoms with Crippen LogP contribution in [0.1, 0.15) is 5.56 Å². The van der Waals surface area contributed by atoms with Gasteiger partial charge in [-0.2, -0.15) is 5.10 Å². The van der Waals surface area contributed by atoms with E-state index in [0.717, 1.165) is 5.56 Å². The Hall–Kier alpha value is -0.700. The van der Waals surface area contributed by atoms with E-state index in [9.17, 15) is 0 Å². The number of H-pyrrole nitrogens is 1. The minimum Gasteiger partial charge on any atom is -0.268 e. The molecular weight excluding hydrogens is 120 g/mol. The fourth-order valence-electron chi connectivity index (χ4n) is 0.474. The Kier molecular flexibility index (Phi) is 1.39. The van der Waals surface area contributed by atoms with Gasteiger partial charge in [0.25, 0.3) is 0 Å². The van der Waals surface area contributed by atoms with Crippen LogP contribution in [0.5, 0.6) is 0 Å². The van der Waals surface area contributed by atoms with E-state index in [1.807, 2.05) is 13.0 Å². The van der Waals surface area contributed by atoms with Gasteiger partial charge in [-0.25, -0.2) is 0 Å². The summed E-state index contributed by atoms with van der Waals surface area (Å²) in [5.74, 6) is 0. The van der Waals surface area contributed by atoms with Gasteiger partial charge in [0.2, 0.25) is 0 Å². The molecule has 0 unspecified atom stereocenters. The van der Waals surface area contributed by atoms with Crippen LogP contribution in [0, 0.1) is 11.6 Å². The number of nitrogens with one attached hydrogen (secondary N) is 1. The number of rotatable bonds is 0. The first kappa shape index (κ1) is 5.44. The molecule has 0 aliphatic carbocycles. The van der Waals surface area contributed by atoms with Gasteiger partial charge in [-0.05, 0) is 18.6 Å². The number of hydrogen-bond acceptors (Lipinski definition) is 2. The Labute approximate surface area is 52.6 Å². The van der Waals surface area contributed by atoms with E-state index in [1.54, 1.807) is 6.20 Å². The monoisotopic (exact) mass is 126 g/mol. The fourth-order valence-corrected chi connectivity index (χ4v) is 0.713. The Balaban J connectivity index is 3.28. The van der Waals surface area contributed by atoms with Gasteiger partial charge < -0.3 is 0 Å². The van der Waals surface area contributed by atoms with E-state index in [-0.39, 0.29) is 0 Å². The summed E-state index contributed by atoms with van der Waals surface area (Å²) in [6.07, 6.45) is 1.73. The van der Waals surface area contributed by atoms with Crippen LogP contribution in [0.3, 0.4) is 0 Å². The van der Waals surface area contributed by atoms with Crippen LogP contribution in [0.15, 0.2) is 12.3 Å². The molecule has 0 saturated carbocycles. The molecule has 1 rings (SSSR count). The highest BCUT2D eigenvalue weighted by atomic mass is 32.1. The lowest BCUT2D eigenvalue weighted by atomic mass is 10.4. The normalized spacial score (nSPS) is 9.12. The van der Waals surface area contributed by atoms with Crippen molar-refractivity contribution in [1.29, 1.82) is 0 Å². The van der Waals surface area contributed by atoms with Crippen molar-refractivity contribution in [1.82, 2.24) is 10.2 Å². The van der Waals surface area contributed by atoms with Crippen LogP contribution in [0.25, 0.3) is 0 Å². The van der Waals surface area contributed by atoms with Crippen molar-refractivity contribution in [3.05, 3.63) is 22.5 Å². The molecule has 2 nitrogen and oxygen atoms in total. The lowest BCUT2D eigenvalue weighted by Gasteiger charge is -1.84. The number of aromatic nitrogens is 2.